The third kappa shape index (κ3) is 13.0. The van der Waals surface area contributed by atoms with Crippen molar-refractivity contribution in [2.75, 3.05) is 0 Å². The molecule has 92 heavy (non-hydrogen) atoms. The summed E-state index contributed by atoms with van der Waals surface area (Å²) in [5, 5.41) is 9.04. The van der Waals surface area contributed by atoms with Crippen molar-refractivity contribution in [1.29, 1.82) is 0 Å². The second-order valence-electron chi connectivity index (χ2n) is 23.4. The standard InChI is InChI=1S/C54H48N2OP2.C24H20B.C6H6.CH3.Zn/c1-37-33-39(3)51(40(4)34-37)55-58(43-21-11-7-12-22-43,44-23-13-8-14-24-44)49-31-19-29-47-48-30-20-32-50(54(48)57-53(47)49)59(45-25-15-9-16-26-45,46-27-17-10-18-28-46)56-52-41(5)35-38(2)36-42(52)6;1-5-13-21(14-6-1)25(22-15-7-2-8-16-22,23-17-9-3-10-18-23)24-19-11-4-12-20-24;1-2-4-6-5-3-1;;/h7-36H,1-6H3;1-20H;1-6H;1H3;/q;-1;;-1;+2. The molecule has 0 aliphatic carbocycles. The van der Waals surface area contributed by atoms with Crippen molar-refractivity contribution in [2.45, 2.75) is 41.5 Å². The van der Waals surface area contributed by atoms with Gasteiger partial charge in [0.25, 0.3) is 0 Å². The molecule has 448 valence electrons. The van der Waals surface area contributed by atoms with Gasteiger partial charge in [-0.25, -0.2) is 0 Å². The minimum Gasteiger partial charge on any atom is -0.455 e. The maximum Gasteiger partial charge on any atom is 2.00 e. The van der Waals surface area contributed by atoms with Gasteiger partial charge in [0.05, 0.1) is 25.5 Å². The molecule has 0 aliphatic rings. The van der Waals surface area contributed by atoms with Gasteiger partial charge >= 0.3 is 19.5 Å². The predicted molar refractivity (Wildman–Crippen MR) is 400 cm³/mol. The van der Waals surface area contributed by atoms with Crippen LogP contribution in [-0.4, -0.2) is 6.15 Å². The van der Waals surface area contributed by atoms with E-state index < -0.39 is 20.3 Å². The maximum atomic E-state index is 7.58. The fourth-order valence-corrected chi connectivity index (χ4v) is 21.1. The Morgan fingerprint density at radius 3 is 0.728 bits per heavy atom. The molecule has 3 nitrogen and oxygen atoms in total. The molecule has 13 aromatic carbocycles. The second kappa shape index (κ2) is 29.8. The summed E-state index contributed by atoms with van der Waals surface area (Å²) in [6, 6.07) is 121. The summed E-state index contributed by atoms with van der Waals surface area (Å²) in [5.41, 5.74) is 16.3. The molecule has 0 aliphatic heterocycles. The molecule has 1 heterocycles. The number of para-hydroxylation sites is 2. The first-order chi connectivity index (χ1) is 44.1. The maximum absolute atomic E-state index is 7.58. The van der Waals surface area contributed by atoms with Gasteiger partial charge in [-0.15, -0.1) is 0 Å². The van der Waals surface area contributed by atoms with Crippen LogP contribution in [0.5, 0.6) is 0 Å². The van der Waals surface area contributed by atoms with Crippen molar-refractivity contribution in [3.63, 3.8) is 0 Å². The van der Waals surface area contributed by atoms with Crippen LogP contribution in [0.4, 0.5) is 11.4 Å². The van der Waals surface area contributed by atoms with Gasteiger partial charge in [0.2, 0.25) is 0 Å². The van der Waals surface area contributed by atoms with Gasteiger partial charge in [-0.2, -0.15) is 21.9 Å². The summed E-state index contributed by atoms with van der Waals surface area (Å²) in [6.45, 7) is 13.1. The Balaban J connectivity index is 0.000000231. The molecular weight excluding hydrogens is 1200 g/mol. The van der Waals surface area contributed by atoms with Crippen molar-refractivity contribution in [3.05, 3.63) is 381 Å². The third-order valence-electron chi connectivity index (χ3n) is 17.3. The number of fused-ring (bicyclic) bond motifs is 3. The molecule has 7 heteroatoms. The molecule has 0 saturated carbocycles. The number of furan rings is 1. The van der Waals surface area contributed by atoms with E-state index in [1.165, 1.54) is 76.5 Å². The van der Waals surface area contributed by atoms with E-state index in [0.29, 0.717) is 0 Å². The molecule has 0 N–H and O–H groups in total. The van der Waals surface area contributed by atoms with Crippen LogP contribution >= 0.6 is 14.1 Å². The SMILES string of the molecule is Cc1cc(C)c(N=P(c2ccccc2)(c2ccccc2)c2cccc3c2oc2c(P(=Nc4c(C)cc(C)cc4C)(c4ccccc4)c4ccccc4)cccc23)c(C)c1.[CH3-].[Zn+2].c1ccc([B-](c2ccccc2)(c2ccccc2)c2ccccc2)cc1.c1ccccc1. The first-order valence-corrected chi connectivity index (χ1v) is 34.6. The van der Waals surface area contributed by atoms with E-state index in [2.05, 4.69) is 345 Å². The van der Waals surface area contributed by atoms with Crippen LogP contribution in [0.25, 0.3) is 21.9 Å². The number of nitrogens with zero attached hydrogens (tertiary/aromatic N) is 2. The van der Waals surface area contributed by atoms with Crippen molar-refractivity contribution >= 4 is 107 Å². The summed E-state index contributed by atoms with van der Waals surface area (Å²) in [7, 11) is -5.55. The van der Waals surface area contributed by atoms with Crippen LogP contribution in [0.1, 0.15) is 33.4 Å². The number of hydrogen-bond acceptors (Lipinski definition) is 3. The zero-order valence-electron chi connectivity index (χ0n) is 53.8. The van der Waals surface area contributed by atoms with Gasteiger partial charge in [0, 0.05) is 42.6 Å². The van der Waals surface area contributed by atoms with Crippen molar-refractivity contribution < 1.29 is 23.9 Å². The zero-order valence-corrected chi connectivity index (χ0v) is 58.6. The molecule has 1 aromatic heterocycles. The Bertz CT molecular complexity index is 4290. The molecular formula is C85H77BN2OP2Zn. The smallest absolute Gasteiger partial charge is 0.455 e. The van der Waals surface area contributed by atoms with Crippen LogP contribution in [0, 0.1) is 49.0 Å². The van der Waals surface area contributed by atoms with Gasteiger partial charge in [-0.3, -0.25) is 9.49 Å². The normalized spacial score (nSPS) is 11.2. The number of aryl methyl sites for hydroxylation is 6. The van der Waals surface area contributed by atoms with E-state index in [1.54, 1.807) is 0 Å². The molecule has 0 spiro atoms. The van der Waals surface area contributed by atoms with Crippen LogP contribution in [-0.2, 0) is 19.5 Å². The van der Waals surface area contributed by atoms with E-state index >= 15 is 0 Å². The van der Waals surface area contributed by atoms with Crippen molar-refractivity contribution in [3.8, 4) is 0 Å². The average Bonchev–Trinajstić information content (AvgIpc) is 1.29. The van der Waals surface area contributed by atoms with E-state index in [1.807, 2.05) is 36.4 Å². The van der Waals surface area contributed by atoms with Gasteiger partial charge in [-0.1, -0.05) is 339 Å². The molecule has 0 amide bonds. The molecule has 0 atom stereocenters. The summed E-state index contributed by atoms with van der Waals surface area (Å²) in [6.07, 6.45) is -1.22. The second-order valence-corrected chi connectivity index (χ2v) is 29.4. The Kier molecular flexibility index (Phi) is 21.3. The third-order valence-corrected chi connectivity index (χ3v) is 24.6. The fourth-order valence-electron chi connectivity index (χ4n) is 13.5. The van der Waals surface area contributed by atoms with Gasteiger partial charge in [-0.05, 0) is 75.9 Å². The minimum atomic E-state index is -2.77. The van der Waals surface area contributed by atoms with Gasteiger partial charge < -0.3 is 11.8 Å². The largest absolute Gasteiger partial charge is 2.00 e. The van der Waals surface area contributed by atoms with Crippen LogP contribution in [0.2, 0.25) is 0 Å². The Morgan fingerprint density at radius 2 is 0.489 bits per heavy atom. The Hall–Kier alpha value is -9.19. The van der Waals surface area contributed by atoms with Gasteiger partial charge in [0.15, 0.2) is 0 Å². The van der Waals surface area contributed by atoms with Crippen LogP contribution in [0.3, 0.4) is 0 Å². The Morgan fingerprint density at radius 1 is 0.272 bits per heavy atom. The van der Waals surface area contributed by atoms with E-state index in [9.17, 15) is 0 Å². The van der Waals surface area contributed by atoms with E-state index in [-0.39, 0.29) is 26.9 Å². The van der Waals surface area contributed by atoms with Crippen LogP contribution in [0.15, 0.2) is 354 Å². The van der Waals surface area contributed by atoms with Crippen molar-refractivity contribution in [1.82, 2.24) is 0 Å². The first-order valence-electron chi connectivity index (χ1n) is 31.1. The molecule has 14 aromatic rings. The monoisotopic (exact) mass is 1280 g/mol. The summed E-state index contributed by atoms with van der Waals surface area (Å²) < 4.78 is 19.7. The average molecular weight is 1280 g/mol. The Labute approximate surface area is 558 Å². The molecule has 14 rings (SSSR count). The quantitative estimate of drug-likeness (QED) is 0.0682. The minimum absolute atomic E-state index is 0. The van der Waals surface area contributed by atoms with Crippen molar-refractivity contribution in [2.24, 2.45) is 9.49 Å². The predicted octanol–water partition coefficient (Wildman–Crippen LogP) is 18.3. The zero-order chi connectivity index (χ0) is 61.9. The van der Waals surface area contributed by atoms with Gasteiger partial charge in [0.1, 0.15) is 17.3 Å². The summed E-state index contributed by atoms with van der Waals surface area (Å²) in [4.78, 5) is 0. The number of hydrogen-bond donors (Lipinski definition) is 0. The number of rotatable bonds is 12. The topological polar surface area (TPSA) is 37.9 Å². The van der Waals surface area contributed by atoms with E-state index in [0.717, 1.165) is 43.9 Å². The van der Waals surface area contributed by atoms with E-state index in [4.69, 9.17) is 13.9 Å². The summed E-state index contributed by atoms with van der Waals surface area (Å²) >= 11 is 0. The molecule has 0 unspecified atom stereocenters. The molecule has 0 fully saturated rings. The van der Waals surface area contributed by atoms with Crippen LogP contribution < -0.4 is 53.7 Å². The molecule has 0 bridgehead atoms. The first kappa shape index (κ1) is 65.8. The summed E-state index contributed by atoms with van der Waals surface area (Å²) in [5.74, 6) is 0. The molecule has 0 radical (unpaired) electrons. The molecule has 0 saturated heterocycles. The fraction of sp³-hybridized carbons (Fsp3) is 0.0706. The number of benzene rings is 13.